The number of hydrogen-bond donors (Lipinski definition) is 1. The zero-order chi connectivity index (χ0) is 13.5. The van der Waals surface area contributed by atoms with Crippen molar-refractivity contribution in [3.63, 3.8) is 0 Å². The summed E-state index contributed by atoms with van der Waals surface area (Å²) in [5.74, 6) is 0. The van der Waals surface area contributed by atoms with Crippen LogP contribution in [0.1, 0.15) is 23.1 Å². The van der Waals surface area contributed by atoms with Gasteiger partial charge in [0.2, 0.25) is 0 Å². The Hall–Kier alpha value is -2.13. The third-order valence-corrected chi connectivity index (χ3v) is 4.13. The standard InChI is InChI=1S/C17H16N2O/c20-11-15-5-2-8-19-10-16(18-17(15)19)14-7-6-12-3-1-4-13(12)9-14/h2,5-10,20H,1,3-4,11H2. The van der Waals surface area contributed by atoms with Crippen molar-refractivity contribution in [1.29, 1.82) is 0 Å². The first kappa shape index (κ1) is 11.7. The lowest BCUT2D eigenvalue weighted by atomic mass is 10.0. The summed E-state index contributed by atoms with van der Waals surface area (Å²) < 4.78 is 1.98. The quantitative estimate of drug-likeness (QED) is 0.772. The van der Waals surface area contributed by atoms with Gasteiger partial charge in [-0.1, -0.05) is 18.2 Å². The molecule has 3 nitrogen and oxygen atoms in total. The fraction of sp³-hybridized carbons (Fsp3) is 0.235. The Labute approximate surface area is 117 Å². The number of nitrogens with zero attached hydrogens (tertiary/aromatic N) is 2. The van der Waals surface area contributed by atoms with E-state index in [1.54, 1.807) is 0 Å². The van der Waals surface area contributed by atoms with E-state index in [1.807, 2.05) is 28.9 Å². The summed E-state index contributed by atoms with van der Waals surface area (Å²) in [6, 6.07) is 10.5. The van der Waals surface area contributed by atoms with Crippen LogP contribution in [0, 0.1) is 0 Å². The van der Waals surface area contributed by atoms with Gasteiger partial charge in [0.1, 0.15) is 5.65 Å². The van der Waals surface area contributed by atoms with E-state index >= 15 is 0 Å². The number of aliphatic hydroxyl groups excluding tert-OH is 1. The van der Waals surface area contributed by atoms with E-state index in [1.165, 1.54) is 36.0 Å². The van der Waals surface area contributed by atoms with Crippen molar-refractivity contribution in [2.24, 2.45) is 0 Å². The Morgan fingerprint density at radius 2 is 2.05 bits per heavy atom. The average Bonchev–Trinajstić information content (AvgIpc) is 3.11. The molecule has 0 radical (unpaired) electrons. The number of benzene rings is 1. The second kappa shape index (κ2) is 4.46. The summed E-state index contributed by atoms with van der Waals surface area (Å²) in [5.41, 5.74) is 6.78. The highest BCUT2D eigenvalue weighted by atomic mass is 16.3. The summed E-state index contributed by atoms with van der Waals surface area (Å²) in [5, 5.41) is 9.39. The van der Waals surface area contributed by atoms with Gasteiger partial charge in [-0.05, 0) is 42.5 Å². The molecule has 3 aromatic rings. The van der Waals surface area contributed by atoms with E-state index in [0.717, 1.165) is 16.9 Å². The molecule has 3 heteroatoms. The Balaban J connectivity index is 1.86. The molecule has 1 aliphatic rings. The highest BCUT2D eigenvalue weighted by Gasteiger charge is 2.13. The van der Waals surface area contributed by atoms with Gasteiger partial charge in [-0.25, -0.2) is 4.98 Å². The Kier molecular flexibility index (Phi) is 2.60. The highest BCUT2D eigenvalue weighted by molar-refractivity contribution is 5.65. The highest BCUT2D eigenvalue weighted by Crippen LogP contribution is 2.28. The maximum absolute atomic E-state index is 9.39. The van der Waals surface area contributed by atoms with Gasteiger partial charge in [-0.2, -0.15) is 0 Å². The van der Waals surface area contributed by atoms with Gasteiger partial charge in [-0.15, -0.1) is 0 Å². The van der Waals surface area contributed by atoms with Crippen LogP contribution >= 0.6 is 0 Å². The molecular weight excluding hydrogens is 248 g/mol. The van der Waals surface area contributed by atoms with Crippen molar-refractivity contribution in [1.82, 2.24) is 9.38 Å². The van der Waals surface area contributed by atoms with Gasteiger partial charge in [0.05, 0.1) is 12.3 Å². The van der Waals surface area contributed by atoms with Gasteiger partial charge < -0.3 is 9.51 Å². The lowest BCUT2D eigenvalue weighted by Crippen LogP contribution is -1.90. The minimum atomic E-state index is 0.0188. The van der Waals surface area contributed by atoms with Crippen LogP contribution in [-0.4, -0.2) is 14.5 Å². The van der Waals surface area contributed by atoms with E-state index in [9.17, 15) is 5.11 Å². The van der Waals surface area contributed by atoms with Crippen molar-refractivity contribution in [3.8, 4) is 11.3 Å². The third kappa shape index (κ3) is 1.74. The Bertz CT molecular complexity index is 789. The fourth-order valence-corrected chi connectivity index (χ4v) is 3.06. The minimum Gasteiger partial charge on any atom is -0.392 e. The largest absolute Gasteiger partial charge is 0.392 e. The molecule has 0 unspecified atom stereocenters. The van der Waals surface area contributed by atoms with Crippen molar-refractivity contribution in [2.75, 3.05) is 0 Å². The zero-order valence-corrected chi connectivity index (χ0v) is 11.2. The third-order valence-electron chi connectivity index (χ3n) is 4.13. The second-order valence-corrected chi connectivity index (χ2v) is 5.39. The maximum Gasteiger partial charge on any atom is 0.142 e. The van der Waals surface area contributed by atoms with Crippen LogP contribution in [-0.2, 0) is 19.4 Å². The predicted octanol–water partition coefficient (Wildman–Crippen LogP) is 2.98. The van der Waals surface area contributed by atoms with Gasteiger partial charge >= 0.3 is 0 Å². The molecule has 0 aliphatic heterocycles. The molecular formula is C17H16N2O. The van der Waals surface area contributed by atoms with Gasteiger partial charge in [0.15, 0.2) is 0 Å². The van der Waals surface area contributed by atoms with Crippen molar-refractivity contribution >= 4 is 5.65 Å². The molecule has 1 aromatic carbocycles. The lowest BCUT2D eigenvalue weighted by Gasteiger charge is -2.01. The second-order valence-electron chi connectivity index (χ2n) is 5.39. The number of pyridine rings is 1. The summed E-state index contributed by atoms with van der Waals surface area (Å²) in [6.07, 6.45) is 7.65. The molecule has 0 spiro atoms. The van der Waals surface area contributed by atoms with Crippen LogP contribution in [0.4, 0.5) is 0 Å². The van der Waals surface area contributed by atoms with E-state index < -0.39 is 0 Å². The number of aromatic nitrogens is 2. The summed E-state index contributed by atoms with van der Waals surface area (Å²) >= 11 is 0. The van der Waals surface area contributed by atoms with Crippen LogP contribution < -0.4 is 0 Å². The molecule has 2 heterocycles. The van der Waals surface area contributed by atoms with Crippen molar-refractivity contribution in [2.45, 2.75) is 25.9 Å². The van der Waals surface area contributed by atoms with Crippen molar-refractivity contribution in [3.05, 3.63) is 59.4 Å². The normalized spacial score (nSPS) is 13.8. The molecule has 0 atom stereocenters. The Morgan fingerprint density at radius 1 is 1.15 bits per heavy atom. The Morgan fingerprint density at radius 3 is 2.95 bits per heavy atom. The number of rotatable bonds is 2. The molecule has 0 saturated carbocycles. The smallest absolute Gasteiger partial charge is 0.142 e. The van der Waals surface area contributed by atoms with Gasteiger partial charge in [0.25, 0.3) is 0 Å². The molecule has 20 heavy (non-hydrogen) atoms. The summed E-state index contributed by atoms with van der Waals surface area (Å²) in [6.45, 7) is 0.0188. The molecule has 0 saturated heterocycles. The van der Waals surface area contributed by atoms with Crippen LogP contribution in [0.5, 0.6) is 0 Å². The summed E-state index contributed by atoms with van der Waals surface area (Å²) in [7, 11) is 0. The number of imidazole rings is 1. The van der Waals surface area contributed by atoms with E-state index in [0.29, 0.717) is 0 Å². The molecule has 1 N–H and O–H groups in total. The number of aryl methyl sites for hydroxylation is 2. The zero-order valence-electron chi connectivity index (χ0n) is 11.2. The molecule has 100 valence electrons. The molecule has 0 fully saturated rings. The first-order valence-corrected chi connectivity index (χ1v) is 7.05. The molecule has 0 bridgehead atoms. The first-order valence-electron chi connectivity index (χ1n) is 7.05. The average molecular weight is 264 g/mol. The topological polar surface area (TPSA) is 37.5 Å². The fourth-order valence-electron chi connectivity index (χ4n) is 3.06. The minimum absolute atomic E-state index is 0.0188. The van der Waals surface area contributed by atoms with Crippen LogP contribution in [0.25, 0.3) is 16.9 Å². The van der Waals surface area contributed by atoms with E-state index in [4.69, 9.17) is 0 Å². The van der Waals surface area contributed by atoms with Crippen LogP contribution in [0.3, 0.4) is 0 Å². The van der Waals surface area contributed by atoms with Gasteiger partial charge in [0, 0.05) is 23.5 Å². The lowest BCUT2D eigenvalue weighted by molar-refractivity contribution is 0.282. The molecule has 0 amide bonds. The monoisotopic (exact) mass is 264 g/mol. The van der Waals surface area contributed by atoms with Crippen LogP contribution in [0.15, 0.2) is 42.7 Å². The summed E-state index contributed by atoms with van der Waals surface area (Å²) in [4.78, 5) is 4.68. The molecule has 1 aliphatic carbocycles. The number of aliphatic hydroxyl groups is 1. The van der Waals surface area contributed by atoms with Crippen LogP contribution in [0.2, 0.25) is 0 Å². The first-order chi connectivity index (χ1) is 9.85. The number of fused-ring (bicyclic) bond motifs is 2. The van der Waals surface area contributed by atoms with E-state index in [2.05, 4.69) is 23.2 Å². The molecule has 2 aromatic heterocycles. The van der Waals surface area contributed by atoms with Gasteiger partial charge in [-0.3, -0.25) is 0 Å². The SMILES string of the molecule is OCc1cccn2cc(-c3ccc4c(c3)CCC4)nc12. The van der Waals surface area contributed by atoms with Crippen molar-refractivity contribution < 1.29 is 5.11 Å². The molecule has 4 rings (SSSR count). The number of hydrogen-bond acceptors (Lipinski definition) is 2. The van der Waals surface area contributed by atoms with E-state index in [-0.39, 0.29) is 6.61 Å². The predicted molar refractivity (Wildman–Crippen MR) is 78.6 cm³/mol. The maximum atomic E-state index is 9.39.